The monoisotopic (exact) mass is 230 g/mol. The Morgan fingerprint density at radius 3 is 2.88 bits per heavy atom. The third kappa shape index (κ3) is 1.74. The molecule has 1 atom stereocenters. The fourth-order valence-electron chi connectivity index (χ4n) is 2.67. The maximum atomic E-state index is 11.9. The first-order valence-corrected chi connectivity index (χ1v) is 5.91. The van der Waals surface area contributed by atoms with Crippen molar-refractivity contribution in [2.75, 3.05) is 0 Å². The summed E-state index contributed by atoms with van der Waals surface area (Å²) in [6.45, 7) is 1.69. The number of piperidine rings is 1. The third-order valence-corrected chi connectivity index (χ3v) is 3.54. The van der Waals surface area contributed by atoms with Crippen LogP contribution in [0, 0.1) is 0 Å². The van der Waals surface area contributed by atoms with Crippen LogP contribution in [-0.2, 0) is 22.7 Å². The predicted molar refractivity (Wildman–Crippen MR) is 62.1 cm³/mol. The topological polar surface area (TPSA) is 58.2 Å². The Balaban J connectivity index is 1.97. The number of carbonyl (C=O) groups is 2. The summed E-state index contributed by atoms with van der Waals surface area (Å²) in [6.07, 6.45) is 1.06. The number of carbonyl (C=O) groups excluding carboxylic acids is 2. The summed E-state index contributed by atoms with van der Waals surface area (Å²) < 4.78 is 0. The molecule has 0 bridgehead atoms. The largest absolute Gasteiger partial charge is 0.309 e. The lowest BCUT2D eigenvalue weighted by Gasteiger charge is -2.23. The van der Waals surface area contributed by atoms with Crippen LogP contribution in [0.15, 0.2) is 18.2 Å². The highest BCUT2D eigenvalue weighted by Crippen LogP contribution is 2.31. The zero-order valence-electron chi connectivity index (χ0n) is 9.45. The minimum Gasteiger partial charge on any atom is -0.309 e. The second-order valence-corrected chi connectivity index (χ2v) is 4.59. The molecule has 0 aromatic heterocycles. The van der Waals surface area contributed by atoms with Crippen LogP contribution in [0.5, 0.6) is 0 Å². The molecule has 1 fully saturated rings. The number of nitrogens with one attached hydrogen (secondary N) is 2. The molecule has 88 valence electrons. The van der Waals surface area contributed by atoms with Crippen LogP contribution in [0.25, 0.3) is 0 Å². The summed E-state index contributed by atoms with van der Waals surface area (Å²) in [7, 11) is 0. The van der Waals surface area contributed by atoms with Gasteiger partial charge < -0.3 is 5.32 Å². The molecule has 1 aromatic carbocycles. The van der Waals surface area contributed by atoms with Gasteiger partial charge >= 0.3 is 0 Å². The van der Waals surface area contributed by atoms with E-state index in [1.54, 1.807) is 0 Å². The molecule has 0 spiro atoms. The van der Waals surface area contributed by atoms with Crippen molar-refractivity contribution in [3.05, 3.63) is 34.9 Å². The Morgan fingerprint density at radius 1 is 1.18 bits per heavy atom. The normalized spacial score (nSPS) is 23.4. The van der Waals surface area contributed by atoms with E-state index in [4.69, 9.17) is 0 Å². The number of rotatable bonds is 1. The number of amides is 2. The molecule has 4 heteroatoms. The molecule has 2 N–H and O–H groups in total. The van der Waals surface area contributed by atoms with E-state index in [9.17, 15) is 9.59 Å². The van der Waals surface area contributed by atoms with Gasteiger partial charge in [-0.15, -0.1) is 0 Å². The minimum atomic E-state index is -0.164. The highest BCUT2D eigenvalue weighted by Gasteiger charge is 2.30. The molecule has 1 aromatic rings. The van der Waals surface area contributed by atoms with Crippen LogP contribution >= 0.6 is 0 Å². The highest BCUT2D eigenvalue weighted by molar-refractivity contribution is 6.01. The van der Waals surface area contributed by atoms with Crippen molar-refractivity contribution in [3.63, 3.8) is 0 Å². The zero-order valence-corrected chi connectivity index (χ0v) is 9.45. The van der Waals surface area contributed by atoms with Gasteiger partial charge in [-0.2, -0.15) is 0 Å². The van der Waals surface area contributed by atoms with Crippen molar-refractivity contribution in [2.24, 2.45) is 0 Å². The second kappa shape index (κ2) is 3.96. The van der Waals surface area contributed by atoms with Gasteiger partial charge in [0, 0.05) is 19.5 Å². The molecule has 0 saturated carbocycles. The SMILES string of the molecule is O=C1CCC(c2cccc3c2CNC3)C(=O)N1. The molecule has 17 heavy (non-hydrogen) atoms. The van der Waals surface area contributed by atoms with E-state index in [0.29, 0.717) is 12.8 Å². The molecule has 1 unspecified atom stereocenters. The van der Waals surface area contributed by atoms with E-state index in [2.05, 4.69) is 16.7 Å². The first-order chi connectivity index (χ1) is 8.25. The molecule has 3 rings (SSSR count). The Labute approximate surface area is 99.4 Å². The second-order valence-electron chi connectivity index (χ2n) is 4.59. The number of fused-ring (bicyclic) bond motifs is 1. The first kappa shape index (κ1) is 10.5. The van der Waals surface area contributed by atoms with Crippen LogP contribution in [0.2, 0.25) is 0 Å². The lowest BCUT2D eigenvalue weighted by atomic mass is 9.86. The number of imide groups is 1. The number of hydrogen-bond acceptors (Lipinski definition) is 3. The Kier molecular flexibility index (Phi) is 2.44. The smallest absolute Gasteiger partial charge is 0.234 e. The van der Waals surface area contributed by atoms with Crippen molar-refractivity contribution in [1.29, 1.82) is 0 Å². The molecule has 0 aliphatic carbocycles. The van der Waals surface area contributed by atoms with Crippen molar-refractivity contribution in [3.8, 4) is 0 Å². The summed E-state index contributed by atoms with van der Waals surface area (Å²) in [4.78, 5) is 23.0. The van der Waals surface area contributed by atoms with E-state index < -0.39 is 0 Å². The summed E-state index contributed by atoms with van der Waals surface area (Å²) in [6, 6.07) is 6.08. The van der Waals surface area contributed by atoms with Gasteiger partial charge in [-0.25, -0.2) is 0 Å². The summed E-state index contributed by atoms with van der Waals surface area (Å²) >= 11 is 0. The van der Waals surface area contributed by atoms with E-state index in [1.807, 2.05) is 12.1 Å². The number of benzene rings is 1. The molecule has 1 saturated heterocycles. The minimum absolute atomic E-state index is 0.151. The average Bonchev–Trinajstić information content (AvgIpc) is 2.77. The first-order valence-electron chi connectivity index (χ1n) is 5.91. The van der Waals surface area contributed by atoms with Crippen molar-refractivity contribution >= 4 is 11.8 Å². The fraction of sp³-hybridized carbons (Fsp3) is 0.385. The van der Waals surface area contributed by atoms with Crippen molar-refractivity contribution < 1.29 is 9.59 Å². The van der Waals surface area contributed by atoms with Crippen LogP contribution in [0.3, 0.4) is 0 Å². The molecule has 4 nitrogen and oxygen atoms in total. The van der Waals surface area contributed by atoms with Crippen LogP contribution < -0.4 is 10.6 Å². The van der Waals surface area contributed by atoms with E-state index in [1.165, 1.54) is 11.1 Å². The highest BCUT2D eigenvalue weighted by atomic mass is 16.2. The lowest BCUT2D eigenvalue weighted by molar-refractivity contribution is -0.134. The quantitative estimate of drug-likeness (QED) is 0.702. The van der Waals surface area contributed by atoms with E-state index in [0.717, 1.165) is 18.7 Å². The third-order valence-electron chi connectivity index (χ3n) is 3.54. The Morgan fingerprint density at radius 2 is 2.06 bits per heavy atom. The molecular formula is C13H14N2O2. The zero-order chi connectivity index (χ0) is 11.8. The maximum Gasteiger partial charge on any atom is 0.234 e. The number of hydrogen-bond donors (Lipinski definition) is 2. The van der Waals surface area contributed by atoms with Gasteiger partial charge in [0.05, 0.1) is 5.92 Å². The lowest BCUT2D eigenvalue weighted by Crippen LogP contribution is -2.39. The molecule has 2 aliphatic heterocycles. The van der Waals surface area contributed by atoms with Gasteiger partial charge in [0.15, 0.2) is 0 Å². The van der Waals surface area contributed by atoms with Gasteiger partial charge in [-0.05, 0) is 23.1 Å². The van der Waals surface area contributed by atoms with Crippen LogP contribution in [-0.4, -0.2) is 11.8 Å². The Bertz CT molecular complexity index is 496. The van der Waals surface area contributed by atoms with Gasteiger partial charge in [0.1, 0.15) is 0 Å². The van der Waals surface area contributed by atoms with Crippen LogP contribution in [0.1, 0.15) is 35.4 Å². The Hall–Kier alpha value is -1.68. The van der Waals surface area contributed by atoms with Crippen molar-refractivity contribution in [2.45, 2.75) is 31.8 Å². The fourth-order valence-corrected chi connectivity index (χ4v) is 2.67. The molecule has 2 heterocycles. The molecule has 0 radical (unpaired) electrons. The van der Waals surface area contributed by atoms with Gasteiger partial charge in [-0.1, -0.05) is 18.2 Å². The molecule has 2 amide bonds. The predicted octanol–water partition coefficient (Wildman–Crippen LogP) is 0.810. The van der Waals surface area contributed by atoms with Gasteiger partial charge in [0.2, 0.25) is 11.8 Å². The maximum absolute atomic E-state index is 11.9. The van der Waals surface area contributed by atoms with Gasteiger partial charge in [0.25, 0.3) is 0 Å². The molecular weight excluding hydrogens is 216 g/mol. The van der Waals surface area contributed by atoms with E-state index in [-0.39, 0.29) is 17.7 Å². The summed E-state index contributed by atoms with van der Waals surface area (Å²) in [5.41, 5.74) is 3.59. The van der Waals surface area contributed by atoms with E-state index >= 15 is 0 Å². The standard InChI is InChI=1S/C13H14N2O2/c16-12-5-4-10(13(17)15-12)9-3-1-2-8-6-14-7-11(8)9/h1-3,10,14H,4-7H2,(H,15,16,17). The summed E-state index contributed by atoms with van der Waals surface area (Å²) in [5, 5.41) is 5.71. The summed E-state index contributed by atoms with van der Waals surface area (Å²) in [5.74, 6) is -0.471. The van der Waals surface area contributed by atoms with Gasteiger partial charge in [-0.3, -0.25) is 14.9 Å². The molecule has 2 aliphatic rings. The average molecular weight is 230 g/mol. The van der Waals surface area contributed by atoms with Crippen molar-refractivity contribution in [1.82, 2.24) is 10.6 Å². The van der Waals surface area contributed by atoms with Crippen LogP contribution in [0.4, 0.5) is 0 Å².